The smallest absolute Gasteiger partial charge is 0.329 e. The first-order valence-corrected chi connectivity index (χ1v) is 8.88. The summed E-state index contributed by atoms with van der Waals surface area (Å²) in [6.45, 7) is 7.35. The van der Waals surface area contributed by atoms with Gasteiger partial charge in [0.25, 0.3) is 11.8 Å². The Kier molecular flexibility index (Phi) is 6.55. The molecule has 0 bridgehead atoms. The van der Waals surface area contributed by atoms with Crippen LogP contribution in [0.15, 0.2) is 24.3 Å². The Bertz CT molecular complexity index is 747. The van der Waals surface area contributed by atoms with Gasteiger partial charge in [0.2, 0.25) is 0 Å². The van der Waals surface area contributed by atoms with Crippen molar-refractivity contribution in [3.05, 3.63) is 35.4 Å². The lowest BCUT2D eigenvalue weighted by Gasteiger charge is -2.24. The molecule has 1 saturated heterocycles. The van der Waals surface area contributed by atoms with Crippen molar-refractivity contribution >= 4 is 23.8 Å². The molecule has 2 atom stereocenters. The molecule has 0 aromatic heterocycles. The fourth-order valence-electron chi connectivity index (χ4n) is 2.74. The van der Waals surface area contributed by atoms with E-state index in [1.165, 1.54) is 6.92 Å². The molecule has 8 heteroatoms. The van der Waals surface area contributed by atoms with Crippen LogP contribution in [0.25, 0.3) is 0 Å². The Morgan fingerprint density at radius 2 is 1.85 bits per heavy atom. The maximum absolute atomic E-state index is 12.5. The van der Waals surface area contributed by atoms with Gasteiger partial charge in [-0.25, -0.2) is 9.59 Å². The highest BCUT2D eigenvalue weighted by molar-refractivity contribution is 6.00. The number of carbonyl (C=O) groups excluding carboxylic acids is 4. The third-order valence-electron chi connectivity index (χ3n) is 4.36. The van der Waals surface area contributed by atoms with Crippen LogP contribution in [0.2, 0.25) is 0 Å². The molecule has 27 heavy (non-hydrogen) atoms. The summed E-state index contributed by atoms with van der Waals surface area (Å²) in [6.07, 6.45) is -1.13. The van der Waals surface area contributed by atoms with Gasteiger partial charge in [0.15, 0.2) is 6.10 Å². The number of amides is 4. The Labute approximate surface area is 158 Å². The Morgan fingerprint density at radius 3 is 2.41 bits per heavy atom. The van der Waals surface area contributed by atoms with Crippen molar-refractivity contribution in [2.24, 2.45) is 5.92 Å². The van der Waals surface area contributed by atoms with E-state index < -0.39 is 30.1 Å². The van der Waals surface area contributed by atoms with Crippen LogP contribution >= 0.6 is 0 Å². The lowest BCUT2D eigenvalue weighted by atomic mass is 10.0. The summed E-state index contributed by atoms with van der Waals surface area (Å²) in [7, 11) is 0. The molecule has 1 aromatic rings. The van der Waals surface area contributed by atoms with Crippen LogP contribution in [-0.4, -0.2) is 54.0 Å². The minimum atomic E-state index is -1.13. The molecule has 4 amide bonds. The monoisotopic (exact) mass is 375 g/mol. The van der Waals surface area contributed by atoms with E-state index in [0.717, 1.165) is 10.5 Å². The number of hydrogen-bond acceptors (Lipinski definition) is 5. The van der Waals surface area contributed by atoms with Gasteiger partial charge in [0, 0.05) is 18.7 Å². The normalized spacial score (nSPS) is 15.9. The zero-order valence-electron chi connectivity index (χ0n) is 15.9. The van der Waals surface area contributed by atoms with Gasteiger partial charge in [-0.05, 0) is 31.4 Å². The van der Waals surface area contributed by atoms with Crippen LogP contribution in [0.1, 0.15) is 36.7 Å². The van der Waals surface area contributed by atoms with E-state index in [1.807, 2.05) is 6.07 Å². The standard InChI is InChI=1S/C19H25N3O5/c1-11(2)15(21-16(23)14-8-6-5-7-12(14)3)18(25)27-13(4)17(24)22-10-9-20-19(22)26/h5-8,11,13,15H,9-10H2,1-4H3,(H,20,26)(H,21,23)/t13-,15-/m0/s1. The molecule has 2 N–H and O–H groups in total. The summed E-state index contributed by atoms with van der Waals surface area (Å²) in [5.41, 5.74) is 1.25. The van der Waals surface area contributed by atoms with Crippen LogP contribution in [0.5, 0.6) is 0 Å². The summed E-state index contributed by atoms with van der Waals surface area (Å²) < 4.78 is 5.24. The van der Waals surface area contributed by atoms with E-state index in [-0.39, 0.29) is 18.4 Å². The zero-order chi connectivity index (χ0) is 20.1. The van der Waals surface area contributed by atoms with Crippen molar-refractivity contribution < 1.29 is 23.9 Å². The maximum atomic E-state index is 12.5. The van der Waals surface area contributed by atoms with Crippen molar-refractivity contribution in [1.29, 1.82) is 0 Å². The first-order valence-electron chi connectivity index (χ1n) is 8.88. The van der Waals surface area contributed by atoms with E-state index in [1.54, 1.807) is 39.0 Å². The van der Waals surface area contributed by atoms with Crippen LogP contribution in [0, 0.1) is 12.8 Å². The molecule has 0 spiro atoms. The van der Waals surface area contributed by atoms with Gasteiger partial charge < -0.3 is 15.4 Å². The Hall–Kier alpha value is -2.90. The number of hydrogen-bond donors (Lipinski definition) is 2. The van der Waals surface area contributed by atoms with E-state index in [4.69, 9.17) is 4.74 Å². The summed E-state index contributed by atoms with van der Waals surface area (Å²) in [4.78, 5) is 49.9. The van der Waals surface area contributed by atoms with Gasteiger partial charge in [0.05, 0.1) is 0 Å². The highest BCUT2D eigenvalue weighted by Gasteiger charge is 2.34. The molecule has 0 unspecified atom stereocenters. The van der Waals surface area contributed by atoms with E-state index in [0.29, 0.717) is 12.1 Å². The third kappa shape index (κ3) is 4.84. The van der Waals surface area contributed by atoms with Gasteiger partial charge in [-0.3, -0.25) is 14.5 Å². The zero-order valence-corrected chi connectivity index (χ0v) is 15.9. The molecule has 0 radical (unpaired) electrons. The summed E-state index contributed by atoms with van der Waals surface area (Å²) in [5.74, 6) is -1.94. The SMILES string of the molecule is Cc1ccccc1C(=O)N[C@H](C(=O)O[C@@H](C)C(=O)N1CCNC1=O)C(C)C. The topological polar surface area (TPSA) is 105 Å². The summed E-state index contributed by atoms with van der Waals surface area (Å²) in [5, 5.41) is 5.20. The number of aryl methyl sites for hydroxylation is 1. The van der Waals surface area contributed by atoms with Crippen molar-refractivity contribution in [3.8, 4) is 0 Å². The molecule has 1 fully saturated rings. The van der Waals surface area contributed by atoms with Crippen LogP contribution in [-0.2, 0) is 14.3 Å². The first kappa shape index (κ1) is 20.4. The third-order valence-corrected chi connectivity index (χ3v) is 4.36. The van der Waals surface area contributed by atoms with Gasteiger partial charge in [-0.2, -0.15) is 0 Å². The number of carbonyl (C=O) groups is 4. The molecule has 0 saturated carbocycles. The first-order chi connectivity index (χ1) is 12.7. The molecule has 8 nitrogen and oxygen atoms in total. The second kappa shape index (κ2) is 8.66. The van der Waals surface area contributed by atoms with Crippen molar-refractivity contribution in [1.82, 2.24) is 15.5 Å². The van der Waals surface area contributed by atoms with Gasteiger partial charge >= 0.3 is 12.0 Å². The fraction of sp³-hybridized carbons (Fsp3) is 0.474. The molecule has 1 aliphatic rings. The van der Waals surface area contributed by atoms with E-state index >= 15 is 0 Å². The van der Waals surface area contributed by atoms with Crippen molar-refractivity contribution in [2.75, 3.05) is 13.1 Å². The second-order valence-corrected chi connectivity index (χ2v) is 6.81. The van der Waals surface area contributed by atoms with Crippen LogP contribution in [0.4, 0.5) is 4.79 Å². The molecule has 1 aromatic carbocycles. The number of imide groups is 1. The number of nitrogens with one attached hydrogen (secondary N) is 2. The Balaban J connectivity index is 2.04. The number of benzene rings is 1. The lowest BCUT2D eigenvalue weighted by molar-refractivity contribution is -0.160. The fourth-order valence-corrected chi connectivity index (χ4v) is 2.74. The molecule has 1 heterocycles. The number of esters is 1. The van der Waals surface area contributed by atoms with Crippen molar-refractivity contribution in [3.63, 3.8) is 0 Å². The highest BCUT2D eigenvalue weighted by atomic mass is 16.5. The average molecular weight is 375 g/mol. The molecule has 0 aliphatic carbocycles. The van der Waals surface area contributed by atoms with E-state index in [9.17, 15) is 19.2 Å². The van der Waals surface area contributed by atoms with Gasteiger partial charge in [0.1, 0.15) is 6.04 Å². The van der Waals surface area contributed by atoms with Crippen molar-refractivity contribution in [2.45, 2.75) is 39.8 Å². The number of urea groups is 1. The molecule has 1 aliphatic heterocycles. The predicted octanol–water partition coefficient (Wildman–Crippen LogP) is 1.23. The Morgan fingerprint density at radius 1 is 1.19 bits per heavy atom. The largest absolute Gasteiger partial charge is 0.451 e. The molecule has 146 valence electrons. The molecule has 2 rings (SSSR count). The minimum Gasteiger partial charge on any atom is -0.451 e. The van der Waals surface area contributed by atoms with Crippen LogP contribution in [0.3, 0.4) is 0 Å². The lowest BCUT2D eigenvalue weighted by Crippen LogP contribution is -2.48. The van der Waals surface area contributed by atoms with Gasteiger partial charge in [-0.1, -0.05) is 32.0 Å². The minimum absolute atomic E-state index is 0.233. The quantitative estimate of drug-likeness (QED) is 0.728. The number of nitrogens with zero attached hydrogens (tertiary/aromatic N) is 1. The summed E-state index contributed by atoms with van der Waals surface area (Å²) in [6, 6.07) is 5.62. The summed E-state index contributed by atoms with van der Waals surface area (Å²) >= 11 is 0. The second-order valence-electron chi connectivity index (χ2n) is 6.81. The van der Waals surface area contributed by atoms with Gasteiger partial charge in [-0.15, -0.1) is 0 Å². The highest BCUT2D eigenvalue weighted by Crippen LogP contribution is 2.12. The number of rotatable bonds is 6. The molecular weight excluding hydrogens is 350 g/mol. The molecular formula is C19H25N3O5. The number of ether oxygens (including phenoxy) is 1. The predicted molar refractivity (Wildman–Crippen MR) is 97.9 cm³/mol. The average Bonchev–Trinajstić information content (AvgIpc) is 3.04. The van der Waals surface area contributed by atoms with E-state index in [2.05, 4.69) is 10.6 Å². The van der Waals surface area contributed by atoms with Crippen LogP contribution < -0.4 is 10.6 Å². The maximum Gasteiger partial charge on any atom is 0.329 e.